The molecule has 102 valence electrons. The highest BCUT2D eigenvalue weighted by Gasteiger charge is 2.17. The Balaban J connectivity index is 2.05. The maximum Gasteiger partial charge on any atom is 0.219 e. The summed E-state index contributed by atoms with van der Waals surface area (Å²) in [6.45, 7) is 6.39. The number of hydrogen-bond donors (Lipinski definition) is 0. The number of rotatable bonds is 2. The molecule has 0 N–H and O–H groups in total. The van der Waals surface area contributed by atoms with Crippen LogP contribution >= 0.6 is 0 Å². The van der Waals surface area contributed by atoms with E-state index in [1.54, 1.807) is 19.2 Å². The molecule has 5 heteroatoms. The summed E-state index contributed by atoms with van der Waals surface area (Å²) in [6, 6.07) is 3.68. The van der Waals surface area contributed by atoms with Crippen LogP contribution in [-0.2, 0) is 4.79 Å². The molecular formula is C14H19N3O2. The predicted octanol–water partition coefficient (Wildman–Crippen LogP) is 1.34. The quantitative estimate of drug-likeness (QED) is 0.754. The minimum Gasteiger partial charge on any atom is -0.368 e. The van der Waals surface area contributed by atoms with E-state index >= 15 is 0 Å². The molecule has 1 saturated heterocycles. The average molecular weight is 261 g/mol. The Morgan fingerprint density at radius 3 is 2.47 bits per heavy atom. The number of aromatic nitrogens is 1. The molecule has 0 bridgehead atoms. The van der Waals surface area contributed by atoms with E-state index in [2.05, 4.69) is 9.88 Å². The molecule has 0 aliphatic carbocycles. The Bertz CT molecular complexity index is 470. The fraction of sp³-hybridized carbons (Fsp3) is 0.500. The third-order valence-electron chi connectivity index (χ3n) is 3.41. The van der Waals surface area contributed by atoms with E-state index in [0.717, 1.165) is 38.3 Å². The normalized spacial score (nSPS) is 16.1. The third-order valence-corrected chi connectivity index (χ3v) is 3.41. The molecule has 19 heavy (non-hydrogen) atoms. The average Bonchev–Trinajstić information content (AvgIpc) is 2.64. The van der Waals surface area contributed by atoms with E-state index in [1.165, 1.54) is 6.92 Å². The number of carbonyl (C=O) groups is 2. The molecule has 5 nitrogen and oxygen atoms in total. The Hall–Kier alpha value is -1.91. The van der Waals surface area contributed by atoms with Crippen LogP contribution in [0.25, 0.3) is 0 Å². The summed E-state index contributed by atoms with van der Waals surface area (Å²) in [5, 5.41) is 0. The van der Waals surface area contributed by atoms with E-state index in [4.69, 9.17) is 0 Å². The van der Waals surface area contributed by atoms with Gasteiger partial charge in [-0.25, -0.2) is 0 Å². The maximum atomic E-state index is 11.4. The molecule has 1 aromatic heterocycles. The van der Waals surface area contributed by atoms with Crippen LogP contribution in [0.4, 0.5) is 5.69 Å². The highest BCUT2D eigenvalue weighted by molar-refractivity contribution is 5.92. The summed E-state index contributed by atoms with van der Waals surface area (Å²) in [6.07, 6.45) is 2.69. The van der Waals surface area contributed by atoms with Gasteiger partial charge in [-0.3, -0.25) is 14.6 Å². The van der Waals surface area contributed by atoms with E-state index in [1.807, 2.05) is 11.0 Å². The largest absolute Gasteiger partial charge is 0.368 e. The summed E-state index contributed by atoms with van der Waals surface area (Å²) in [5.74, 6) is 0.108. The molecule has 1 aromatic rings. The van der Waals surface area contributed by atoms with Gasteiger partial charge < -0.3 is 9.80 Å². The maximum absolute atomic E-state index is 11.4. The van der Waals surface area contributed by atoms with Gasteiger partial charge in [-0.2, -0.15) is 0 Å². The second kappa shape index (κ2) is 5.82. The molecule has 0 atom stereocenters. The minimum absolute atomic E-state index is 0.0230. The van der Waals surface area contributed by atoms with Crippen molar-refractivity contribution in [3.63, 3.8) is 0 Å². The fourth-order valence-corrected chi connectivity index (χ4v) is 2.27. The van der Waals surface area contributed by atoms with Crippen LogP contribution in [0, 0.1) is 0 Å². The van der Waals surface area contributed by atoms with Gasteiger partial charge in [-0.05, 0) is 18.6 Å². The molecular weight excluding hydrogens is 242 g/mol. The number of anilines is 1. The highest BCUT2D eigenvalue weighted by Crippen LogP contribution is 2.16. The zero-order valence-corrected chi connectivity index (χ0v) is 11.4. The molecule has 1 amide bonds. The van der Waals surface area contributed by atoms with Gasteiger partial charge in [-0.1, -0.05) is 0 Å². The molecule has 2 heterocycles. The number of nitrogens with zero attached hydrogens (tertiary/aromatic N) is 3. The smallest absolute Gasteiger partial charge is 0.219 e. The first-order chi connectivity index (χ1) is 9.08. The van der Waals surface area contributed by atoms with E-state index in [0.29, 0.717) is 5.69 Å². The number of hydrogen-bond acceptors (Lipinski definition) is 4. The molecule has 0 spiro atoms. The van der Waals surface area contributed by atoms with Crippen molar-refractivity contribution in [2.45, 2.75) is 20.3 Å². The summed E-state index contributed by atoms with van der Waals surface area (Å²) < 4.78 is 0. The zero-order chi connectivity index (χ0) is 13.8. The standard InChI is InChI=1S/C14H19N3O2/c1-11(18)14-5-4-13(10-15-14)17-7-3-6-16(8-9-17)12(2)19/h4-5,10H,3,6-9H2,1-2H3. The number of amides is 1. The Morgan fingerprint density at radius 2 is 1.89 bits per heavy atom. The number of ketones is 1. The van der Waals surface area contributed by atoms with Crippen molar-refractivity contribution in [3.05, 3.63) is 24.0 Å². The zero-order valence-electron chi connectivity index (χ0n) is 11.4. The Kier molecular flexibility index (Phi) is 4.14. The Morgan fingerprint density at radius 1 is 1.11 bits per heavy atom. The SMILES string of the molecule is CC(=O)c1ccc(N2CCCN(C(C)=O)CC2)cn1. The van der Waals surface area contributed by atoms with Crippen LogP contribution in [-0.4, -0.2) is 47.8 Å². The molecule has 1 aliphatic rings. The molecule has 1 aliphatic heterocycles. The van der Waals surface area contributed by atoms with Crippen LogP contribution < -0.4 is 4.90 Å². The lowest BCUT2D eigenvalue weighted by atomic mass is 10.2. The van der Waals surface area contributed by atoms with E-state index in [-0.39, 0.29) is 11.7 Å². The van der Waals surface area contributed by atoms with Gasteiger partial charge in [0.2, 0.25) is 5.91 Å². The van der Waals surface area contributed by atoms with Crippen LogP contribution in [0.1, 0.15) is 30.8 Å². The number of carbonyl (C=O) groups excluding carboxylic acids is 2. The fourth-order valence-electron chi connectivity index (χ4n) is 2.27. The summed E-state index contributed by atoms with van der Waals surface area (Å²) in [4.78, 5) is 30.8. The van der Waals surface area contributed by atoms with Crippen molar-refractivity contribution in [1.29, 1.82) is 0 Å². The van der Waals surface area contributed by atoms with Gasteiger partial charge in [0.25, 0.3) is 0 Å². The topological polar surface area (TPSA) is 53.5 Å². The first-order valence-electron chi connectivity index (χ1n) is 6.55. The number of pyridine rings is 1. The molecule has 0 radical (unpaired) electrons. The van der Waals surface area contributed by atoms with Crippen molar-refractivity contribution < 1.29 is 9.59 Å². The van der Waals surface area contributed by atoms with Crippen LogP contribution in [0.5, 0.6) is 0 Å². The first-order valence-corrected chi connectivity index (χ1v) is 6.55. The molecule has 0 saturated carbocycles. The van der Waals surface area contributed by atoms with E-state index in [9.17, 15) is 9.59 Å². The summed E-state index contributed by atoms with van der Waals surface area (Å²) in [5.41, 5.74) is 1.50. The highest BCUT2D eigenvalue weighted by atomic mass is 16.2. The van der Waals surface area contributed by atoms with Gasteiger partial charge in [-0.15, -0.1) is 0 Å². The van der Waals surface area contributed by atoms with Gasteiger partial charge in [0.1, 0.15) is 5.69 Å². The van der Waals surface area contributed by atoms with Gasteiger partial charge in [0.15, 0.2) is 5.78 Å². The van der Waals surface area contributed by atoms with Crippen molar-refractivity contribution >= 4 is 17.4 Å². The van der Waals surface area contributed by atoms with E-state index < -0.39 is 0 Å². The summed E-state index contributed by atoms with van der Waals surface area (Å²) >= 11 is 0. The van der Waals surface area contributed by atoms with Crippen molar-refractivity contribution in [2.24, 2.45) is 0 Å². The van der Waals surface area contributed by atoms with Gasteiger partial charge >= 0.3 is 0 Å². The minimum atomic E-state index is -0.0230. The van der Waals surface area contributed by atoms with Gasteiger partial charge in [0.05, 0.1) is 11.9 Å². The monoisotopic (exact) mass is 261 g/mol. The van der Waals surface area contributed by atoms with Crippen LogP contribution in [0.2, 0.25) is 0 Å². The number of Topliss-reactive ketones (excluding diaryl/α,β-unsaturated/α-hetero) is 1. The second-order valence-corrected chi connectivity index (χ2v) is 4.80. The van der Waals surface area contributed by atoms with Gasteiger partial charge in [0, 0.05) is 40.0 Å². The molecule has 1 fully saturated rings. The van der Waals surface area contributed by atoms with Crippen molar-refractivity contribution in [1.82, 2.24) is 9.88 Å². The predicted molar refractivity (Wildman–Crippen MR) is 73.3 cm³/mol. The van der Waals surface area contributed by atoms with Crippen molar-refractivity contribution in [2.75, 3.05) is 31.1 Å². The third kappa shape index (κ3) is 3.30. The molecule has 2 rings (SSSR count). The Labute approximate surface area is 113 Å². The summed E-state index contributed by atoms with van der Waals surface area (Å²) in [7, 11) is 0. The lowest BCUT2D eigenvalue weighted by Crippen LogP contribution is -2.33. The van der Waals surface area contributed by atoms with Crippen molar-refractivity contribution in [3.8, 4) is 0 Å². The molecule has 0 aromatic carbocycles. The lowest BCUT2D eigenvalue weighted by molar-refractivity contribution is -0.128. The van der Waals surface area contributed by atoms with Crippen LogP contribution in [0.3, 0.4) is 0 Å². The second-order valence-electron chi connectivity index (χ2n) is 4.80. The van der Waals surface area contributed by atoms with Crippen LogP contribution in [0.15, 0.2) is 18.3 Å². The first kappa shape index (κ1) is 13.5. The lowest BCUT2D eigenvalue weighted by Gasteiger charge is -2.23. The molecule has 0 unspecified atom stereocenters.